The number of nitrogens with one attached hydrogen (secondary N) is 1. The van der Waals surface area contributed by atoms with Gasteiger partial charge < -0.3 is 4.74 Å². The molecule has 0 radical (unpaired) electrons. The normalized spacial score (nSPS) is 16.1. The van der Waals surface area contributed by atoms with Crippen molar-refractivity contribution in [2.75, 3.05) is 20.2 Å². The van der Waals surface area contributed by atoms with Gasteiger partial charge in [0.05, 0.1) is 7.11 Å². The molecule has 0 fully saturated rings. The first-order chi connectivity index (χ1) is 12.5. The van der Waals surface area contributed by atoms with Gasteiger partial charge in [-0.25, -0.2) is 13.1 Å². The number of rotatable bonds is 7. The Hall–Kier alpha value is -1.89. The van der Waals surface area contributed by atoms with Gasteiger partial charge in [-0.15, -0.1) is 0 Å². The first-order valence-electron chi connectivity index (χ1n) is 8.98. The maximum absolute atomic E-state index is 12.7. The molecule has 0 bridgehead atoms. The van der Waals surface area contributed by atoms with Crippen molar-refractivity contribution in [2.24, 2.45) is 0 Å². The second kappa shape index (κ2) is 8.20. The van der Waals surface area contributed by atoms with E-state index in [1.807, 2.05) is 0 Å². The van der Waals surface area contributed by atoms with E-state index in [1.165, 1.54) is 18.2 Å². The van der Waals surface area contributed by atoms with Gasteiger partial charge in [-0.05, 0) is 36.1 Å². The standard InChI is InChI=1S/C20H26N2O3S/c1-3-18(22-13-12-16-8-4-5-9-17(16)15-22)14-21-26(23,24)20-11-7-6-10-19(20)25-2/h4-11,18,21H,3,12-15H2,1-2H3. The second-order valence-corrected chi connectivity index (χ2v) is 8.29. The smallest absolute Gasteiger partial charge is 0.244 e. The minimum absolute atomic E-state index is 0.160. The molecule has 0 amide bonds. The molecule has 5 nitrogen and oxygen atoms in total. The number of fused-ring (bicyclic) bond motifs is 1. The molecule has 1 aliphatic rings. The Balaban J connectivity index is 1.69. The highest BCUT2D eigenvalue weighted by Gasteiger charge is 2.25. The van der Waals surface area contributed by atoms with Crippen LogP contribution >= 0.6 is 0 Å². The van der Waals surface area contributed by atoms with Crippen LogP contribution < -0.4 is 9.46 Å². The van der Waals surface area contributed by atoms with Gasteiger partial charge in [0, 0.05) is 25.7 Å². The van der Waals surface area contributed by atoms with E-state index in [1.54, 1.807) is 24.3 Å². The number of hydrogen-bond acceptors (Lipinski definition) is 4. The molecular weight excluding hydrogens is 348 g/mol. The number of hydrogen-bond donors (Lipinski definition) is 1. The minimum Gasteiger partial charge on any atom is -0.495 e. The summed E-state index contributed by atoms with van der Waals surface area (Å²) in [5.74, 6) is 0.361. The molecule has 0 saturated carbocycles. The molecule has 1 aliphatic heterocycles. The number of sulfonamides is 1. The SMILES string of the molecule is CCC(CNS(=O)(=O)c1ccccc1OC)N1CCc2ccccc2C1. The van der Waals surface area contributed by atoms with Crippen LogP contribution in [-0.2, 0) is 23.0 Å². The number of nitrogens with zero attached hydrogens (tertiary/aromatic N) is 1. The molecule has 1 atom stereocenters. The van der Waals surface area contributed by atoms with E-state index in [0.29, 0.717) is 12.3 Å². The lowest BCUT2D eigenvalue weighted by Crippen LogP contribution is -2.45. The lowest BCUT2D eigenvalue weighted by Gasteiger charge is -2.35. The van der Waals surface area contributed by atoms with Gasteiger partial charge in [-0.2, -0.15) is 0 Å². The number of para-hydroxylation sites is 1. The lowest BCUT2D eigenvalue weighted by atomic mass is 9.98. The third kappa shape index (κ3) is 4.09. The van der Waals surface area contributed by atoms with E-state index in [-0.39, 0.29) is 10.9 Å². The quantitative estimate of drug-likeness (QED) is 0.810. The van der Waals surface area contributed by atoms with Crippen molar-refractivity contribution in [2.45, 2.75) is 37.2 Å². The zero-order valence-electron chi connectivity index (χ0n) is 15.3. The van der Waals surface area contributed by atoms with Gasteiger partial charge in [0.15, 0.2) is 0 Å². The Morgan fingerprint density at radius 3 is 2.54 bits per heavy atom. The number of methoxy groups -OCH3 is 1. The average molecular weight is 375 g/mol. The molecule has 0 aromatic heterocycles. The number of benzene rings is 2. The van der Waals surface area contributed by atoms with Gasteiger partial charge in [0.25, 0.3) is 0 Å². The van der Waals surface area contributed by atoms with Gasteiger partial charge in [0.1, 0.15) is 10.6 Å². The fourth-order valence-electron chi connectivity index (χ4n) is 3.49. The molecule has 0 aliphatic carbocycles. The summed E-state index contributed by atoms with van der Waals surface area (Å²) in [5, 5.41) is 0. The van der Waals surface area contributed by atoms with Crippen LogP contribution in [0.4, 0.5) is 0 Å². The summed E-state index contributed by atoms with van der Waals surface area (Å²) in [6.07, 6.45) is 1.89. The van der Waals surface area contributed by atoms with Crippen LogP contribution in [0.2, 0.25) is 0 Å². The molecule has 0 spiro atoms. The maximum atomic E-state index is 12.7. The maximum Gasteiger partial charge on any atom is 0.244 e. The van der Waals surface area contributed by atoms with Crippen LogP contribution in [0.15, 0.2) is 53.4 Å². The second-order valence-electron chi connectivity index (χ2n) is 6.55. The van der Waals surface area contributed by atoms with Crippen molar-refractivity contribution < 1.29 is 13.2 Å². The van der Waals surface area contributed by atoms with E-state index >= 15 is 0 Å². The first-order valence-corrected chi connectivity index (χ1v) is 10.5. The lowest BCUT2D eigenvalue weighted by molar-refractivity contribution is 0.175. The van der Waals surface area contributed by atoms with Crippen molar-refractivity contribution in [3.05, 3.63) is 59.7 Å². The molecule has 26 heavy (non-hydrogen) atoms. The summed E-state index contributed by atoms with van der Waals surface area (Å²) < 4.78 is 33.4. The predicted molar refractivity (Wildman–Crippen MR) is 103 cm³/mol. The van der Waals surface area contributed by atoms with Crippen molar-refractivity contribution >= 4 is 10.0 Å². The van der Waals surface area contributed by atoms with E-state index in [0.717, 1.165) is 25.9 Å². The average Bonchev–Trinajstić information content (AvgIpc) is 2.68. The van der Waals surface area contributed by atoms with Crippen LogP contribution in [-0.4, -0.2) is 39.6 Å². The molecule has 140 valence electrons. The number of ether oxygens (including phenoxy) is 1. The molecule has 1 unspecified atom stereocenters. The van der Waals surface area contributed by atoms with Crippen LogP contribution in [0.1, 0.15) is 24.5 Å². The molecule has 6 heteroatoms. The van der Waals surface area contributed by atoms with Crippen LogP contribution in [0.5, 0.6) is 5.75 Å². The van der Waals surface area contributed by atoms with Crippen LogP contribution in [0.25, 0.3) is 0 Å². The van der Waals surface area contributed by atoms with E-state index in [2.05, 4.69) is 40.8 Å². The summed E-state index contributed by atoms with van der Waals surface area (Å²) in [7, 11) is -2.13. The van der Waals surface area contributed by atoms with E-state index < -0.39 is 10.0 Å². The first kappa shape index (κ1) is 18.9. The summed E-state index contributed by atoms with van der Waals surface area (Å²) in [6.45, 7) is 4.30. The Bertz CT molecular complexity index is 852. The molecule has 0 saturated heterocycles. The highest BCUT2D eigenvalue weighted by molar-refractivity contribution is 7.89. The Morgan fingerprint density at radius 2 is 1.81 bits per heavy atom. The zero-order chi connectivity index (χ0) is 18.6. The Kier molecular flexibility index (Phi) is 5.96. The monoisotopic (exact) mass is 374 g/mol. The highest BCUT2D eigenvalue weighted by atomic mass is 32.2. The molecule has 1 heterocycles. The van der Waals surface area contributed by atoms with Gasteiger partial charge in [-0.1, -0.05) is 43.3 Å². The topological polar surface area (TPSA) is 58.6 Å². The highest BCUT2D eigenvalue weighted by Crippen LogP contribution is 2.24. The molecule has 3 rings (SSSR count). The van der Waals surface area contributed by atoms with Crippen molar-refractivity contribution in [1.29, 1.82) is 0 Å². The third-order valence-electron chi connectivity index (χ3n) is 5.02. The summed E-state index contributed by atoms with van der Waals surface area (Å²) in [4.78, 5) is 2.55. The Morgan fingerprint density at radius 1 is 1.12 bits per heavy atom. The van der Waals surface area contributed by atoms with Crippen LogP contribution in [0.3, 0.4) is 0 Å². The van der Waals surface area contributed by atoms with E-state index in [9.17, 15) is 8.42 Å². The zero-order valence-corrected chi connectivity index (χ0v) is 16.1. The van der Waals surface area contributed by atoms with Crippen molar-refractivity contribution in [1.82, 2.24) is 9.62 Å². The summed E-state index contributed by atoms with van der Waals surface area (Å²) in [6, 6.07) is 15.3. The summed E-state index contributed by atoms with van der Waals surface area (Å²) in [5.41, 5.74) is 2.73. The van der Waals surface area contributed by atoms with E-state index in [4.69, 9.17) is 4.74 Å². The largest absolute Gasteiger partial charge is 0.495 e. The van der Waals surface area contributed by atoms with Gasteiger partial charge in [0.2, 0.25) is 10.0 Å². The summed E-state index contributed by atoms with van der Waals surface area (Å²) >= 11 is 0. The van der Waals surface area contributed by atoms with Gasteiger partial charge >= 0.3 is 0 Å². The molecular formula is C20H26N2O3S. The molecule has 1 N–H and O–H groups in total. The minimum atomic E-state index is -3.61. The fraction of sp³-hybridized carbons (Fsp3) is 0.400. The Labute approximate surface area is 156 Å². The third-order valence-corrected chi connectivity index (χ3v) is 6.48. The van der Waals surface area contributed by atoms with Crippen molar-refractivity contribution in [3.8, 4) is 5.75 Å². The fourth-order valence-corrected chi connectivity index (χ4v) is 4.73. The van der Waals surface area contributed by atoms with Gasteiger partial charge in [-0.3, -0.25) is 4.90 Å². The van der Waals surface area contributed by atoms with Crippen LogP contribution in [0, 0.1) is 0 Å². The van der Waals surface area contributed by atoms with Crippen molar-refractivity contribution in [3.63, 3.8) is 0 Å². The molecule has 2 aromatic carbocycles. The molecule has 2 aromatic rings. The predicted octanol–water partition coefficient (Wildman–Crippen LogP) is 2.81.